The Hall–Kier alpha value is -1.61. The number of aliphatic carboxylic acids is 2. The molecule has 15 heteroatoms. The van der Waals surface area contributed by atoms with E-state index in [1.165, 1.54) is 12.8 Å². The van der Waals surface area contributed by atoms with Gasteiger partial charge in [-0.1, -0.05) is 19.3 Å². The van der Waals surface area contributed by atoms with E-state index < -0.39 is 74.0 Å². The molecule has 0 aliphatic rings. The summed E-state index contributed by atoms with van der Waals surface area (Å²) in [4.78, 5) is 20.2. The Morgan fingerprint density at radius 3 is 1.27 bits per heavy atom. The largest absolute Gasteiger partial charge is 0.479 e. The molecule has 0 amide bonds. The van der Waals surface area contributed by atoms with Crippen molar-refractivity contribution in [3.8, 4) is 11.3 Å². The van der Waals surface area contributed by atoms with Gasteiger partial charge in [0.1, 0.15) is 36.6 Å². The standard InChI is InChI=1S/C6H9Cl.2C6H12O7/c1-2-3-4-5-6-7;2*7-1-2(8)3(9)4(10)5(11)6(12)13/h2-4H2,1H3;2*2-5,7-11H,1H2,(H,12,13)/t;2*2-,3-,4+,5-/m.11/s1. The summed E-state index contributed by atoms with van der Waals surface area (Å²) in [7, 11) is 0. The van der Waals surface area contributed by atoms with E-state index in [9.17, 15) is 9.59 Å². The van der Waals surface area contributed by atoms with Crippen LogP contribution in [0.15, 0.2) is 0 Å². The number of carboxylic acid groups (broad SMARTS) is 2. The highest BCUT2D eigenvalue weighted by Gasteiger charge is 2.34. The van der Waals surface area contributed by atoms with Crippen molar-refractivity contribution >= 4 is 23.5 Å². The lowest BCUT2D eigenvalue weighted by Crippen LogP contribution is -2.48. The van der Waals surface area contributed by atoms with Crippen LogP contribution in [0, 0.1) is 11.3 Å². The molecule has 33 heavy (non-hydrogen) atoms. The molecule has 0 aliphatic carbocycles. The molecule has 0 spiro atoms. The summed E-state index contributed by atoms with van der Waals surface area (Å²) in [6, 6.07) is 0. The van der Waals surface area contributed by atoms with Crippen LogP contribution in [0.1, 0.15) is 26.2 Å². The van der Waals surface area contributed by atoms with E-state index in [0.717, 1.165) is 6.42 Å². The first kappa shape index (κ1) is 36.0. The van der Waals surface area contributed by atoms with E-state index >= 15 is 0 Å². The first-order valence-corrected chi connectivity index (χ1v) is 9.82. The van der Waals surface area contributed by atoms with Gasteiger partial charge in [-0.3, -0.25) is 0 Å². The fraction of sp³-hybridized carbons (Fsp3) is 0.778. The summed E-state index contributed by atoms with van der Waals surface area (Å²) >= 11 is 5.08. The smallest absolute Gasteiger partial charge is 0.335 e. The van der Waals surface area contributed by atoms with Gasteiger partial charge in [0.2, 0.25) is 0 Å². The molecule has 196 valence electrons. The van der Waals surface area contributed by atoms with Crippen LogP contribution in [0.3, 0.4) is 0 Å². The second-order valence-electron chi connectivity index (χ2n) is 6.40. The topological polar surface area (TPSA) is 277 Å². The average molecular weight is 509 g/mol. The molecule has 0 aliphatic heterocycles. The molecular formula is C18H33ClO14. The van der Waals surface area contributed by atoms with Crippen LogP contribution in [0.4, 0.5) is 0 Å². The minimum absolute atomic E-state index is 0.843. The molecule has 0 aromatic carbocycles. The van der Waals surface area contributed by atoms with E-state index in [2.05, 4.69) is 18.2 Å². The Kier molecular flexibility index (Phi) is 22.8. The van der Waals surface area contributed by atoms with Gasteiger partial charge in [-0.2, -0.15) is 0 Å². The third kappa shape index (κ3) is 16.6. The van der Waals surface area contributed by atoms with Gasteiger partial charge in [0.05, 0.1) is 13.2 Å². The molecule has 0 fully saturated rings. The highest BCUT2D eigenvalue weighted by Crippen LogP contribution is 2.05. The van der Waals surface area contributed by atoms with Crippen molar-refractivity contribution < 1.29 is 70.9 Å². The second kappa shape index (κ2) is 21.0. The maximum atomic E-state index is 10.1. The zero-order valence-corrected chi connectivity index (χ0v) is 18.5. The second-order valence-corrected chi connectivity index (χ2v) is 6.59. The lowest BCUT2D eigenvalue weighted by atomic mass is 10.0. The Bertz CT molecular complexity index is 542. The van der Waals surface area contributed by atoms with E-state index in [0.29, 0.717) is 0 Å². The van der Waals surface area contributed by atoms with Gasteiger partial charge in [0.15, 0.2) is 12.2 Å². The molecule has 0 saturated heterocycles. The van der Waals surface area contributed by atoms with E-state index in [1.807, 2.05) is 0 Å². The van der Waals surface area contributed by atoms with Crippen molar-refractivity contribution in [2.24, 2.45) is 0 Å². The molecule has 0 aromatic rings. The van der Waals surface area contributed by atoms with Crippen LogP contribution in [-0.2, 0) is 9.59 Å². The molecule has 0 saturated carbocycles. The monoisotopic (exact) mass is 508 g/mol. The van der Waals surface area contributed by atoms with Gasteiger partial charge in [0, 0.05) is 11.8 Å². The fourth-order valence-electron chi connectivity index (χ4n) is 1.65. The van der Waals surface area contributed by atoms with Crippen LogP contribution in [-0.4, -0.2) is 135 Å². The Labute approximate surface area is 194 Å². The van der Waals surface area contributed by atoms with Crippen molar-refractivity contribution in [1.29, 1.82) is 0 Å². The lowest BCUT2D eigenvalue weighted by Gasteiger charge is -2.23. The third-order valence-corrected chi connectivity index (χ3v) is 3.87. The minimum atomic E-state index is -2.20. The van der Waals surface area contributed by atoms with Crippen LogP contribution in [0.2, 0.25) is 0 Å². The van der Waals surface area contributed by atoms with Crippen molar-refractivity contribution in [1.82, 2.24) is 0 Å². The van der Waals surface area contributed by atoms with Crippen molar-refractivity contribution in [3.63, 3.8) is 0 Å². The summed E-state index contributed by atoms with van der Waals surface area (Å²) in [6.07, 6.45) is -12.4. The quantitative estimate of drug-likeness (QED) is 0.0872. The molecule has 0 radical (unpaired) electrons. The Balaban J connectivity index is -0.000000429. The molecule has 14 nitrogen and oxygen atoms in total. The first-order valence-electron chi connectivity index (χ1n) is 9.45. The van der Waals surface area contributed by atoms with Crippen LogP contribution < -0.4 is 0 Å². The van der Waals surface area contributed by atoms with Crippen molar-refractivity contribution in [3.05, 3.63) is 0 Å². The van der Waals surface area contributed by atoms with Crippen LogP contribution >= 0.6 is 11.6 Å². The highest BCUT2D eigenvalue weighted by atomic mass is 35.5. The Morgan fingerprint density at radius 1 is 0.727 bits per heavy atom. The predicted octanol–water partition coefficient (Wildman–Crippen LogP) is -4.61. The number of carboxylic acids is 2. The first-order chi connectivity index (χ1) is 15.2. The lowest BCUT2D eigenvalue weighted by molar-refractivity contribution is -0.164. The molecule has 8 atom stereocenters. The number of carbonyl (C=O) groups is 2. The van der Waals surface area contributed by atoms with Crippen molar-refractivity contribution in [2.45, 2.75) is 75.0 Å². The number of rotatable bonds is 12. The molecule has 0 rings (SSSR count). The molecule has 12 N–H and O–H groups in total. The zero-order chi connectivity index (χ0) is 26.7. The van der Waals surface area contributed by atoms with E-state index in [1.54, 1.807) is 0 Å². The third-order valence-electron chi connectivity index (χ3n) is 3.74. The maximum absolute atomic E-state index is 10.1. The van der Waals surface area contributed by atoms with Crippen molar-refractivity contribution in [2.75, 3.05) is 13.2 Å². The number of unbranched alkanes of at least 4 members (excludes halogenated alkanes) is 2. The molecule has 0 unspecified atom stereocenters. The van der Waals surface area contributed by atoms with Gasteiger partial charge in [-0.15, -0.1) is 0 Å². The van der Waals surface area contributed by atoms with Gasteiger partial charge in [-0.05, 0) is 18.0 Å². The molecule has 0 bridgehead atoms. The molecular weight excluding hydrogens is 476 g/mol. The zero-order valence-electron chi connectivity index (χ0n) is 17.7. The summed E-state index contributed by atoms with van der Waals surface area (Å²) in [5.74, 6) is -0.686. The molecule has 0 heterocycles. The number of hydrogen-bond acceptors (Lipinski definition) is 12. The van der Waals surface area contributed by atoms with Gasteiger partial charge in [0.25, 0.3) is 0 Å². The minimum Gasteiger partial charge on any atom is -0.479 e. The summed E-state index contributed by atoms with van der Waals surface area (Å²) in [5.41, 5.74) is 0. The SMILES string of the molecule is CCCCC#CCl.O=C(O)[C@H](O)[C@@H](O)[C@H](O)[C@H](O)CO.O=C(O)[C@H](O)[C@@H](O)[C@H](O)[C@H](O)CO. The summed E-state index contributed by atoms with van der Waals surface area (Å²) < 4.78 is 0. The normalized spacial score (nSPS) is 17.6. The van der Waals surface area contributed by atoms with E-state index in [-0.39, 0.29) is 0 Å². The van der Waals surface area contributed by atoms with E-state index in [4.69, 9.17) is 72.9 Å². The molecule has 0 aromatic heterocycles. The predicted molar refractivity (Wildman–Crippen MR) is 111 cm³/mol. The number of aliphatic hydroxyl groups is 10. The van der Waals surface area contributed by atoms with Gasteiger partial charge in [-0.25, -0.2) is 9.59 Å². The van der Waals surface area contributed by atoms with Crippen LogP contribution in [0.25, 0.3) is 0 Å². The number of halogens is 1. The number of aliphatic hydroxyl groups excluding tert-OH is 10. The Morgan fingerprint density at radius 2 is 1.06 bits per heavy atom. The maximum Gasteiger partial charge on any atom is 0.335 e. The summed E-state index contributed by atoms with van der Waals surface area (Å²) in [5, 5.41) is 106. The van der Waals surface area contributed by atoms with Gasteiger partial charge < -0.3 is 61.3 Å². The number of hydrogen-bond donors (Lipinski definition) is 12. The highest BCUT2D eigenvalue weighted by molar-refractivity contribution is 6.30. The average Bonchev–Trinajstić information content (AvgIpc) is 2.80. The fourth-order valence-corrected chi connectivity index (χ4v) is 1.74. The van der Waals surface area contributed by atoms with Gasteiger partial charge >= 0.3 is 11.9 Å². The summed E-state index contributed by atoms with van der Waals surface area (Å²) in [6.45, 7) is 0.449. The van der Waals surface area contributed by atoms with Crippen LogP contribution in [0.5, 0.6) is 0 Å².